The summed E-state index contributed by atoms with van der Waals surface area (Å²) < 4.78 is 15.0. The molecule has 0 aromatic rings. The van der Waals surface area contributed by atoms with Gasteiger partial charge in [-0.25, -0.2) is 4.39 Å². The summed E-state index contributed by atoms with van der Waals surface area (Å²) in [5.41, 5.74) is 1.10. The van der Waals surface area contributed by atoms with Gasteiger partial charge in [0.1, 0.15) is 12.8 Å². The molecule has 4 heteroatoms. The highest BCUT2D eigenvalue weighted by molar-refractivity contribution is 6.01. The topological polar surface area (TPSA) is 54.4 Å². The summed E-state index contributed by atoms with van der Waals surface area (Å²) in [7, 11) is 0. The highest BCUT2D eigenvalue weighted by atomic mass is 19.1. The summed E-state index contributed by atoms with van der Waals surface area (Å²) in [5, 5.41) is 9.32. The normalized spacial score (nSPS) is 45.2. The van der Waals surface area contributed by atoms with Gasteiger partial charge < -0.3 is 5.11 Å². The highest BCUT2D eigenvalue weighted by Gasteiger charge is 2.58. The van der Waals surface area contributed by atoms with E-state index in [2.05, 4.69) is 13.0 Å². The molecule has 0 aromatic carbocycles. The second-order valence-corrected chi connectivity index (χ2v) is 8.58. The van der Waals surface area contributed by atoms with Crippen LogP contribution in [0.3, 0.4) is 0 Å². The Morgan fingerprint density at radius 3 is 2.80 bits per heavy atom. The molecular weight excluding hydrogens is 319 g/mol. The van der Waals surface area contributed by atoms with Gasteiger partial charge in [-0.3, -0.25) is 9.59 Å². The van der Waals surface area contributed by atoms with E-state index in [1.54, 1.807) is 6.08 Å². The van der Waals surface area contributed by atoms with Gasteiger partial charge in [0, 0.05) is 11.3 Å². The lowest BCUT2D eigenvalue weighted by Gasteiger charge is -2.53. The van der Waals surface area contributed by atoms with Crippen molar-refractivity contribution in [2.45, 2.75) is 45.7 Å². The maximum absolute atomic E-state index is 15.0. The minimum Gasteiger partial charge on any atom is -0.389 e. The number of ketones is 2. The third-order valence-corrected chi connectivity index (χ3v) is 7.48. The van der Waals surface area contributed by atoms with Crippen LogP contribution in [0.2, 0.25) is 0 Å². The molecular formula is C21H25FO3. The zero-order valence-electron chi connectivity index (χ0n) is 14.8. The minimum absolute atomic E-state index is 0.0792. The van der Waals surface area contributed by atoms with Crippen molar-refractivity contribution in [2.24, 2.45) is 28.6 Å². The van der Waals surface area contributed by atoms with Gasteiger partial charge in [-0.05, 0) is 67.6 Å². The molecule has 2 unspecified atom stereocenters. The van der Waals surface area contributed by atoms with Gasteiger partial charge >= 0.3 is 0 Å². The summed E-state index contributed by atoms with van der Waals surface area (Å²) in [6, 6.07) is 0. The fourth-order valence-electron chi connectivity index (χ4n) is 6.17. The summed E-state index contributed by atoms with van der Waals surface area (Å²) in [6.45, 7) is 3.74. The van der Waals surface area contributed by atoms with Crippen molar-refractivity contribution in [1.29, 1.82) is 0 Å². The number of fused-ring (bicyclic) bond motifs is 5. The first-order valence-electron chi connectivity index (χ1n) is 9.24. The van der Waals surface area contributed by atoms with Gasteiger partial charge in [-0.15, -0.1) is 0 Å². The van der Waals surface area contributed by atoms with Crippen LogP contribution >= 0.6 is 0 Å². The molecule has 4 rings (SSSR count). The molecule has 4 aliphatic rings. The molecule has 0 amide bonds. The summed E-state index contributed by atoms with van der Waals surface area (Å²) in [4.78, 5) is 24.0. The van der Waals surface area contributed by atoms with Crippen LogP contribution in [0, 0.1) is 28.6 Å². The number of halogens is 1. The number of allylic oxidation sites excluding steroid dienone is 6. The fraction of sp³-hybridized carbons (Fsp3) is 0.619. The van der Waals surface area contributed by atoms with E-state index < -0.39 is 18.2 Å². The summed E-state index contributed by atoms with van der Waals surface area (Å²) in [6.07, 6.45) is 8.84. The predicted molar refractivity (Wildman–Crippen MR) is 92.5 cm³/mol. The van der Waals surface area contributed by atoms with Crippen LogP contribution in [-0.2, 0) is 9.59 Å². The molecule has 4 aliphatic carbocycles. The Morgan fingerprint density at radius 2 is 2.08 bits per heavy atom. The van der Waals surface area contributed by atoms with Gasteiger partial charge in [-0.1, -0.05) is 24.6 Å². The lowest BCUT2D eigenvalue weighted by Crippen LogP contribution is -2.47. The number of aliphatic hydroxyl groups excluding tert-OH is 1. The van der Waals surface area contributed by atoms with Crippen molar-refractivity contribution >= 4 is 11.6 Å². The van der Waals surface area contributed by atoms with Gasteiger partial charge in [-0.2, -0.15) is 0 Å². The van der Waals surface area contributed by atoms with E-state index in [0.29, 0.717) is 12.0 Å². The number of hydrogen-bond acceptors (Lipinski definition) is 3. The number of rotatable bonds is 2. The molecule has 0 saturated heterocycles. The smallest absolute Gasteiger partial charge is 0.178 e. The van der Waals surface area contributed by atoms with E-state index in [4.69, 9.17) is 0 Å². The number of Topliss-reactive ketones (excluding diaryl/α,β-unsaturated/α-hetero) is 1. The molecule has 3 nitrogen and oxygen atoms in total. The zero-order valence-corrected chi connectivity index (χ0v) is 14.8. The maximum atomic E-state index is 15.0. The van der Waals surface area contributed by atoms with Crippen LogP contribution in [-0.4, -0.2) is 29.5 Å². The monoisotopic (exact) mass is 344 g/mol. The number of carbonyl (C=O) groups excluding carboxylic acids is 2. The van der Waals surface area contributed by atoms with E-state index in [1.165, 1.54) is 11.6 Å². The molecule has 0 radical (unpaired) electrons. The second kappa shape index (κ2) is 5.47. The molecule has 1 N–H and O–H groups in total. The van der Waals surface area contributed by atoms with E-state index in [0.717, 1.165) is 19.3 Å². The van der Waals surface area contributed by atoms with Gasteiger partial charge in [0.15, 0.2) is 11.6 Å². The van der Waals surface area contributed by atoms with Crippen molar-refractivity contribution in [1.82, 2.24) is 0 Å². The average molecular weight is 344 g/mol. The van der Waals surface area contributed by atoms with Crippen LogP contribution < -0.4 is 0 Å². The molecule has 0 bridgehead atoms. The minimum atomic E-state index is -1.11. The SMILES string of the molecule is C[C@]12C=CC(=O)C=C1C(F)C[C@@H]1C2=CC[C@]2(C)C(C(=O)CO)CC[C@@H]12. The Bertz CT molecular complexity index is 733. The lowest BCUT2D eigenvalue weighted by molar-refractivity contribution is -0.129. The first-order chi connectivity index (χ1) is 11.8. The molecule has 0 aromatic heterocycles. The number of aliphatic hydroxyl groups is 1. The first-order valence-corrected chi connectivity index (χ1v) is 9.24. The standard InChI is InChI=1S/C21H25FO3/c1-20-8-6-15-13(14(20)3-4-16(20)19(25)11-23)10-18(22)17-9-12(24)5-7-21(15,17)2/h5-7,9,13-14,16,18,23H,3-4,8,10-11H2,1-2H3/t13-,14-,16?,18?,20-,21+/m0/s1. The van der Waals surface area contributed by atoms with Crippen molar-refractivity contribution < 1.29 is 19.1 Å². The molecule has 2 fully saturated rings. The van der Waals surface area contributed by atoms with E-state index >= 15 is 4.39 Å². The molecule has 0 heterocycles. The van der Waals surface area contributed by atoms with Crippen molar-refractivity contribution in [3.05, 3.63) is 35.5 Å². The average Bonchev–Trinajstić information content (AvgIpc) is 2.93. The fourth-order valence-corrected chi connectivity index (χ4v) is 6.17. The molecule has 134 valence electrons. The highest BCUT2D eigenvalue weighted by Crippen LogP contribution is 2.64. The number of hydrogen-bond donors (Lipinski definition) is 1. The van der Waals surface area contributed by atoms with Crippen LogP contribution in [0.15, 0.2) is 35.5 Å². The largest absolute Gasteiger partial charge is 0.389 e. The third kappa shape index (κ3) is 2.19. The van der Waals surface area contributed by atoms with Gasteiger partial charge in [0.05, 0.1) is 0 Å². The Kier molecular flexibility index (Phi) is 3.70. The van der Waals surface area contributed by atoms with Crippen molar-refractivity contribution in [3.63, 3.8) is 0 Å². The Hall–Kier alpha value is -1.55. The number of alkyl halides is 1. The molecule has 25 heavy (non-hydrogen) atoms. The summed E-state index contributed by atoms with van der Waals surface area (Å²) >= 11 is 0. The van der Waals surface area contributed by atoms with Gasteiger partial charge in [0.2, 0.25) is 0 Å². The summed E-state index contributed by atoms with van der Waals surface area (Å²) in [5.74, 6) is 0.0150. The Labute approximate surface area is 147 Å². The Balaban J connectivity index is 1.76. The second-order valence-electron chi connectivity index (χ2n) is 8.58. The first kappa shape index (κ1) is 16.9. The number of carbonyl (C=O) groups is 2. The van der Waals surface area contributed by atoms with Gasteiger partial charge in [0.25, 0.3) is 0 Å². The molecule has 6 atom stereocenters. The van der Waals surface area contributed by atoms with Crippen LogP contribution in [0.5, 0.6) is 0 Å². The van der Waals surface area contributed by atoms with Crippen LogP contribution in [0.4, 0.5) is 4.39 Å². The third-order valence-electron chi connectivity index (χ3n) is 7.48. The quantitative estimate of drug-likeness (QED) is 0.782. The molecule has 2 saturated carbocycles. The van der Waals surface area contributed by atoms with Crippen molar-refractivity contribution in [2.75, 3.05) is 6.61 Å². The van der Waals surface area contributed by atoms with Crippen molar-refractivity contribution in [3.8, 4) is 0 Å². The van der Waals surface area contributed by atoms with Crippen LogP contribution in [0.25, 0.3) is 0 Å². The molecule has 0 aliphatic heterocycles. The van der Waals surface area contributed by atoms with E-state index in [9.17, 15) is 14.7 Å². The van der Waals surface area contributed by atoms with Crippen LogP contribution in [0.1, 0.15) is 39.5 Å². The van der Waals surface area contributed by atoms with E-state index in [-0.39, 0.29) is 34.7 Å². The Morgan fingerprint density at radius 1 is 1.32 bits per heavy atom. The zero-order chi connectivity index (χ0) is 18.0. The lowest BCUT2D eigenvalue weighted by atomic mass is 9.51. The van der Waals surface area contributed by atoms with E-state index in [1.807, 2.05) is 13.0 Å². The molecule has 0 spiro atoms. The predicted octanol–water partition coefficient (Wildman–Crippen LogP) is 3.34. The maximum Gasteiger partial charge on any atom is 0.178 e.